The van der Waals surface area contributed by atoms with Gasteiger partial charge in [-0.1, -0.05) is 48.5 Å². The summed E-state index contributed by atoms with van der Waals surface area (Å²) in [4.78, 5) is 0. The number of imidazole rings is 1. The maximum absolute atomic E-state index is 6.37. The number of fused-ring (bicyclic) bond motifs is 11. The van der Waals surface area contributed by atoms with E-state index in [1.807, 2.05) is 0 Å². The van der Waals surface area contributed by atoms with E-state index in [1.165, 1.54) is 22.3 Å². The number of benzene rings is 2. The van der Waals surface area contributed by atoms with Gasteiger partial charge in [-0.15, -0.1) is 0 Å². The van der Waals surface area contributed by atoms with Crippen molar-refractivity contribution in [1.82, 2.24) is 4.57 Å². The Labute approximate surface area is 145 Å². The molecule has 3 aromatic rings. The van der Waals surface area contributed by atoms with Crippen molar-refractivity contribution in [2.45, 2.75) is 37.1 Å². The quantitative estimate of drug-likeness (QED) is 0.593. The number of aromatic nitrogens is 2. The van der Waals surface area contributed by atoms with Gasteiger partial charge in [-0.2, -0.15) is 9.13 Å². The van der Waals surface area contributed by atoms with Crippen LogP contribution >= 0.6 is 0 Å². The molecular formula is C21H17N2O2+. The molecule has 7 rings (SSSR count). The first-order chi connectivity index (χ1) is 12.4. The molecular weight excluding hydrogens is 312 g/mol. The van der Waals surface area contributed by atoms with Crippen molar-refractivity contribution >= 4 is 0 Å². The van der Waals surface area contributed by atoms with Gasteiger partial charge in [-0.05, 0) is 11.1 Å². The first-order valence-corrected chi connectivity index (χ1v) is 9.03. The van der Waals surface area contributed by atoms with Gasteiger partial charge in [-0.25, -0.2) is 0 Å². The Bertz CT molecular complexity index is 972. The molecule has 1 aromatic heterocycles. The van der Waals surface area contributed by atoms with E-state index in [9.17, 15) is 0 Å². The van der Waals surface area contributed by atoms with E-state index in [-0.39, 0.29) is 24.3 Å². The molecule has 2 aromatic carbocycles. The maximum Gasteiger partial charge on any atom is 0.373 e. The van der Waals surface area contributed by atoms with Gasteiger partial charge in [0.15, 0.2) is 24.3 Å². The summed E-state index contributed by atoms with van der Waals surface area (Å²) in [6, 6.07) is 18.0. The summed E-state index contributed by atoms with van der Waals surface area (Å²) in [6.07, 6.45) is 4.60. The Morgan fingerprint density at radius 3 is 2.44 bits per heavy atom. The minimum absolute atomic E-state index is 0.203. The Morgan fingerprint density at radius 2 is 1.56 bits per heavy atom. The summed E-state index contributed by atoms with van der Waals surface area (Å²) in [7, 11) is 0. The zero-order chi connectivity index (χ0) is 16.1. The van der Waals surface area contributed by atoms with Crippen molar-refractivity contribution in [3.63, 3.8) is 0 Å². The molecule has 122 valence electrons. The van der Waals surface area contributed by atoms with Crippen LogP contribution in [0.4, 0.5) is 0 Å². The maximum atomic E-state index is 6.37. The fraction of sp³-hybridized carbons (Fsp3) is 0.286. The SMILES string of the molecule is c1ccc2c(c1)C[C@H]1Oc3c4[n+](cn3[C@@H]21)[C@H]1c2ccccc2CC1O4. The number of nitrogens with zero attached hydrogens (tertiary/aromatic N) is 2. The van der Waals surface area contributed by atoms with Crippen LogP contribution in [0.5, 0.6) is 11.8 Å². The highest BCUT2D eigenvalue weighted by atomic mass is 16.6. The Kier molecular flexibility index (Phi) is 2.05. The van der Waals surface area contributed by atoms with Crippen LogP contribution in [0.2, 0.25) is 0 Å². The standard InChI is InChI=1S/C21H17N2O2/c1-3-7-14-12(5-1)9-16-18(14)22-11-23-19-15-8-4-2-6-13(15)10-17(19)25-21(23)20(22)24-16/h1-8,11,16-19H,9-10H2/q+1/t16-,17?,18+,19+/m1/s1. The number of hydrogen-bond donors (Lipinski definition) is 0. The third kappa shape index (κ3) is 1.39. The van der Waals surface area contributed by atoms with E-state index in [2.05, 4.69) is 64.0 Å². The molecule has 2 aliphatic heterocycles. The molecule has 0 amide bonds. The molecule has 25 heavy (non-hydrogen) atoms. The van der Waals surface area contributed by atoms with Crippen LogP contribution < -0.4 is 14.0 Å². The molecule has 0 N–H and O–H groups in total. The molecule has 0 saturated heterocycles. The fourth-order valence-corrected chi connectivity index (χ4v) is 5.31. The smallest absolute Gasteiger partial charge is 0.373 e. The highest BCUT2D eigenvalue weighted by molar-refractivity contribution is 5.44. The molecule has 0 fully saturated rings. The number of hydrogen-bond acceptors (Lipinski definition) is 2. The summed E-state index contributed by atoms with van der Waals surface area (Å²) in [6.45, 7) is 0. The van der Waals surface area contributed by atoms with E-state index >= 15 is 0 Å². The minimum atomic E-state index is 0.203. The molecule has 4 heteroatoms. The minimum Gasteiger partial charge on any atom is -0.448 e. The van der Waals surface area contributed by atoms with Gasteiger partial charge in [0.2, 0.25) is 0 Å². The monoisotopic (exact) mass is 329 g/mol. The average molecular weight is 329 g/mol. The lowest BCUT2D eigenvalue weighted by molar-refractivity contribution is -0.697. The molecule has 2 aliphatic carbocycles. The van der Waals surface area contributed by atoms with Crippen LogP contribution in [-0.4, -0.2) is 16.8 Å². The molecule has 1 unspecified atom stereocenters. The normalized spacial score (nSPS) is 29.1. The van der Waals surface area contributed by atoms with Gasteiger partial charge in [0.25, 0.3) is 6.33 Å². The molecule has 3 heterocycles. The summed E-state index contributed by atoms with van der Waals surface area (Å²) in [5.74, 6) is 1.83. The molecule has 4 nitrogen and oxygen atoms in total. The second-order valence-electron chi connectivity index (χ2n) is 7.55. The Balaban J connectivity index is 1.39. The van der Waals surface area contributed by atoms with E-state index in [0.29, 0.717) is 0 Å². The van der Waals surface area contributed by atoms with E-state index in [4.69, 9.17) is 9.47 Å². The lowest BCUT2D eigenvalue weighted by Gasteiger charge is -2.08. The third-order valence-electron chi connectivity index (χ3n) is 6.32. The molecule has 0 saturated carbocycles. The van der Waals surface area contributed by atoms with Crippen molar-refractivity contribution in [2.24, 2.45) is 0 Å². The van der Waals surface area contributed by atoms with Gasteiger partial charge in [-0.3, -0.25) is 0 Å². The van der Waals surface area contributed by atoms with Crippen LogP contribution in [0.15, 0.2) is 54.9 Å². The van der Waals surface area contributed by atoms with Gasteiger partial charge < -0.3 is 9.47 Å². The predicted molar refractivity (Wildman–Crippen MR) is 90.0 cm³/mol. The largest absolute Gasteiger partial charge is 0.448 e. The molecule has 0 radical (unpaired) electrons. The Morgan fingerprint density at radius 1 is 0.840 bits per heavy atom. The number of rotatable bonds is 0. The Hall–Kier alpha value is -2.75. The second-order valence-corrected chi connectivity index (χ2v) is 7.55. The van der Waals surface area contributed by atoms with Crippen LogP contribution in [0, 0.1) is 0 Å². The topological polar surface area (TPSA) is 27.3 Å². The molecule has 4 atom stereocenters. The predicted octanol–water partition coefficient (Wildman–Crippen LogP) is 2.59. The third-order valence-corrected chi connectivity index (χ3v) is 6.32. The van der Waals surface area contributed by atoms with Crippen LogP contribution in [0.1, 0.15) is 34.3 Å². The van der Waals surface area contributed by atoms with Crippen molar-refractivity contribution in [3.8, 4) is 11.8 Å². The first kappa shape index (κ1) is 12.6. The van der Waals surface area contributed by atoms with E-state index in [0.717, 1.165) is 24.6 Å². The van der Waals surface area contributed by atoms with Crippen molar-refractivity contribution < 1.29 is 14.0 Å². The van der Waals surface area contributed by atoms with Gasteiger partial charge in [0.1, 0.15) is 0 Å². The summed E-state index contributed by atoms with van der Waals surface area (Å²) >= 11 is 0. The van der Waals surface area contributed by atoms with E-state index < -0.39 is 0 Å². The van der Waals surface area contributed by atoms with Crippen molar-refractivity contribution in [2.75, 3.05) is 0 Å². The lowest BCUT2D eigenvalue weighted by atomic mass is 10.1. The van der Waals surface area contributed by atoms with Gasteiger partial charge >= 0.3 is 11.8 Å². The highest BCUT2D eigenvalue weighted by Gasteiger charge is 2.55. The van der Waals surface area contributed by atoms with Crippen LogP contribution in [0.3, 0.4) is 0 Å². The zero-order valence-electron chi connectivity index (χ0n) is 13.6. The van der Waals surface area contributed by atoms with Crippen LogP contribution in [0.25, 0.3) is 0 Å². The zero-order valence-corrected chi connectivity index (χ0v) is 13.6. The second kappa shape index (κ2) is 4.07. The summed E-state index contributed by atoms with van der Waals surface area (Å²) in [5, 5.41) is 0. The molecule has 0 spiro atoms. The molecule has 0 bridgehead atoms. The summed E-state index contributed by atoms with van der Waals surface area (Å²) in [5.41, 5.74) is 5.60. The highest BCUT2D eigenvalue weighted by Crippen LogP contribution is 2.50. The van der Waals surface area contributed by atoms with Gasteiger partial charge in [0, 0.05) is 24.0 Å². The fourth-order valence-electron chi connectivity index (χ4n) is 5.31. The number of ether oxygens (including phenoxy) is 2. The average Bonchev–Trinajstić information content (AvgIpc) is 3.36. The lowest BCUT2D eigenvalue weighted by Crippen LogP contribution is -2.38. The first-order valence-electron chi connectivity index (χ1n) is 9.03. The van der Waals surface area contributed by atoms with E-state index in [1.54, 1.807) is 0 Å². The van der Waals surface area contributed by atoms with Crippen molar-refractivity contribution in [3.05, 3.63) is 77.1 Å². The summed E-state index contributed by atoms with van der Waals surface area (Å²) < 4.78 is 17.3. The van der Waals surface area contributed by atoms with Crippen LogP contribution in [-0.2, 0) is 12.8 Å². The molecule has 4 aliphatic rings. The van der Waals surface area contributed by atoms with Crippen molar-refractivity contribution in [1.29, 1.82) is 0 Å². The van der Waals surface area contributed by atoms with Gasteiger partial charge in [0.05, 0.1) is 0 Å².